The summed E-state index contributed by atoms with van der Waals surface area (Å²) in [6, 6.07) is 0. The minimum Gasteiger partial charge on any atom is -0.393 e. The molecule has 0 aromatic carbocycles. The van der Waals surface area contributed by atoms with Crippen LogP contribution < -0.4 is 0 Å². The molecule has 0 radical (unpaired) electrons. The molecule has 2 rings (SSSR count). The van der Waals surface area contributed by atoms with Gasteiger partial charge in [-0.2, -0.15) is 0 Å². The minimum atomic E-state index is -0.0300. The Hall–Kier alpha value is -0.0400. The van der Waals surface area contributed by atoms with Crippen LogP contribution in [0.4, 0.5) is 0 Å². The van der Waals surface area contributed by atoms with E-state index < -0.39 is 0 Å². The lowest BCUT2D eigenvalue weighted by Crippen LogP contribution is -2.39. The van der Waals surface area contributed by atoms with Gasteiger partial charge in [-0.25, -0.2) is 0 Å². The highest BCUT2D eigenvalue weighted by molar-refractivity contribution is 4.92. The van der Waals surface area contributed by atoms with E-state index in [2.05, 4.69) is 20.8 Å². The highest BCUT2D eigenvalue weighted by Gasteiger charge is 2.41. The van der Waals surface area contributed by atoms with Gasteiger partial charge in [0.1, 0.15) is 0 Å². The van der Waals surface area contributed by atoms with Crippen molar-refractivity contribution >= 4 is 0 Å². The van der Waals surface area contributed by atoms with Gasteiger partial charge in [-0.15, -0.1) is 0 Å². The van der Waals surface area contributed by atoms with Crippen molar-refractivity contribution in [3.63, 3.8) is 0 Å². The normalized spacial score (nSPS) is 39.4. The molecule has 1 nitrogen and oxygen atoms in total. The molecule has 1 heteroatoms. The van der Waals surface area contributed by atoms with E-state index in [4.69, 9.17) is 0 Å². The maximum atomic E-state index is 10.4. The zero-order valence-electron chi connectivity index (χ0n) is 11.9. The zero-order chi connectivity index (χ0) is 12.5. The Morgan fingerprint density at radius 3 is 2.65 bits per heavy atom. The molecular formula is C16H30O. The highest BCUT2D eigenvalue weighted by atomic mass is 16.3. The van der Waals surface area contributed by atoms with Gasteiger partial charge in [0.25, 0.3) is 0 Å². The lowest BCUT2D eigenvalue weighted by molar-refractivity contribution is -0.0132. The average Bonchev–Trinajstić information content (AvgIpc) is 2.24. The molecule has 0 saturated heterocycles. The molecule has 1 N–H and O–H groups in total. The van der Waals surface area contributed by atoms with Crippen LogP contribution in [0.25, 0.3) is 0 Å². The largest absolute Gasteiger partial charge is 0.393 e. The van der Waals surface area contributed by atoms with E-state index in [0.29, 0.717) is 11.3 Å². The molecule has 17 heavy (non-hydrogen) atoms. The van der Waals surface area contributed by atoms with Crippen LogP contribution in [-0.4, -0.2) is 11.2 Å². The number of rotatable bonds is 4. The minimum absolute atomic E-state index is 0.0300. The second-order valence-corrected chi connectivity index (χ2v) is 7.51. The van der Waals surface area contributed by atoms with Crippen LogP contribution >= 0.6 is 0 Å². The Labute approximate surface area is 107 Å². The van der Waals surface area contributed by atoms with Crippen molar-refractivity contribution in [2.24, 2.45) is 23.2 Å². The van der Waals surface area contributed by atoms with Gasteiger partial charge in [0.15, 0.2) is 0 Å². The number of aliphatic hydroxyl groups is 1. The summed E-state index contributed by atoms with van der Waals surface area (Å²) in [4.78, 5) is 0. The molecule has 0 aromatic heterocycles. The van der Waals surface area contributed by atoms with Crippen LogP contribution in [0.3, 0.4) is 0 Å². The average molecular weight is 238 g/mol. The van der Waals surface area contributed by atoms with Crippen molar-refractivity contribution in [2.75, 3.05) is 0 Å². The summed E-state index contributed by atoms with van der Waals surface area (Å²) in [6.45, 7) is 6.97. The molecule has 100 valence electrons. The maximum Gasteiger partial charge on any atom is 0.0568 e. The SMILES string of the molecule is CC(C)CCC(O)C1CC2CCCC(C)(C2)C1. The summed E-state index contributed by atoms with van der Waals surface area (Å²) in [5.74, 6) is 2.24. The summed E-state index contributed by atoms with van der Waals surface area (Å²) >= 11 is 0. The van der Waals surface area contributed by atoms with E-state index in [1.807, 2.05) is 0 Å². The first-order valence-corrected chi connectivity index (χ1v) is 7.66. The molecule has 4 unspecified atom stereocenters. The van der Waals surface area contributed by atoms with Gasteiger partial charge < -0.3 is 5.11 Å². The molecule has 2 aliphatic rings. The molecule has 0 amide bonds. The molecule has 2 saturated carbocycles. The molecule has 4 atom stereocenters. The van der Waals surface area contributed by atoms with Gasteiger partial charge in [0, 0.05) is 0 Å². The highest BCUT2D eigenvalue weighted by Crippen LogP contribution is 2.51. The van der Waals surface area contributed by atoms with Crippen LogP contribution in [0.5, 0.6) is 0 Å². The fraction of sp³-hybridized carbons (Fsp3) is 1.00. The molecule has 0 spiro atoms. The third-order valence-corrected chi connectivity index (χ3v) is 5.15. The van der Waals surface area contributed by atoms with E-state index in [9.17, 15) is 5.11 Å². The summed E-state index contributed by atoms with van der Waals surface area (Å²) in [5.41, 5.74) is 0.560. The van der Waals surface area contributed by atoms with Gasteiger partial charge in [-0.05, 0) is 61.7 Å². The van der Waals surface area contributed by atoms with Gasteiger partial charge in [-0.1, -0.05) is 33.6 Å². The topological polar surface area (TPSA) is 20.2 Å². The van der Waals surface area contributed by atoms with Crippen LogP contribution in [0.2, 0.25) is 0 Å². The van der Waals surface area contributed by atoms with Gasteiger partial charge >= 0.3 is 0 Å². The van der Waals surface area contributed by atoms with Crippen molar-refractivity contribution in [1.82, 2.24) is 0 Å². The van der Waals surface area contributed by atoms with Crippen molar-refractivity contribution in [3.05, 3.63) is 0 Å². The predicted octanol–water partition coefficient (Wildman–Crippen LogP) is 4.39. The number of hydrogen-bond acceptors (Lipinski definition) is 1. The summed E-state index contributed by atoms with van der Waals surface area (Å²) in [6.07, 6.45) is 10.4. The van der Waals surface area contributed by atoms with Gasteiger partial charge in [0.2, 0.25) is 0 Å². The quantitative estimate of drug-likeness (QED) is 0.770. The van der Waals surface area contributed by atoms with Crippen LogP contribution in [0, 0.1) is 23.2 Å². The smallest absolute Gasteiger partial charge is 0.0568 e. The van der Waals surface area contributed by atoms with E-state index in [1.165, 1.54) is 44.9 Å². The van der Waals surface area contributed by atoms with E-state index >= 15 is 0 Å². The fourth-order valence-corrected chi connectivity index (χ4v) is 4.28. The summed E-state index contributed by atoms with van der Waals surface area (Å²) in [7, 11) is 0. The second-order valence-electron chi connectivity index (χ2n) is 7.51. The lowest BCUT2D eigenvalue weighted by Gasteiger charge is -2.47. The van der Waals surface area contributed by atoms with Crippen LogP contribution in [0.1, 0.15) is 72.1 Å². The molecule has 2 fully saturated rings. The number of hydrogen-bond donors (Lipinski definition) is 1. The number of aliphatic hydroxyl groups excluding tert-OH is 1. The summed E-state index contributed by atoms with van der Waals surface area (Å²) < 4.78 is 0. The van der Waals surface area contributed by atoms with E-state index in [-0.39, 0.29) is 6.10 Å². The first-order valence-electron chi connectivity index (χ1n) is 7.66. The standard InChI is InChI=1S/C16H30O/c1-12(2)6-7-15(17)14-9-13-5-4-8-16(3,10-13)11-14/h12-15,17H,4-11H2,1-3H3. The van der Waals surface area contributed by atoms with E-state index in [1.54, 1.807) is 0 Å². The number of fused-ring (bicyclic) bond motifs is 2. The molecule has 2 aliphatic carbocycles. The third-order valence-electron chi connectivity index (χ3n) is 5.15. The van der Waals surface area contributed by atoms with Crippen LogP contribution in [-0.2, 0) is 0 Å². The Morgan fingerprint density at radius 2 is 2.00 bits per heavy atom. The van der Waals surface area contributed by atoms with Crippen molar-refractivity contribution < 1.29 is 5.11 Å². The first-order chi connectivity index (χ1) is 7.98. The molecule has 2 bridgehead atoms. The monoisotopic (exact) mass is 238 g/mol. The van der Waals surface area contributed by atoms with Crippen molar-refractivity contribution in [2.45, 2.75) is 78.2 Å². The molecular weight excluding hydrogens is 208 g/mol. The van der Waals surface area contributed by atoms with Gasteiger partial charge in [-0.3, -0.25) is 0 Å². The van der Waals surface area contributed by atoms with Gasteiger partial charge in [0.05, 0.1) is 6.10 Å². The van der Waals surface area contributed by atoms with Crippen molar-refractivity contribution in [1.29, 1.82) is 0 Å². The third kappa shape index (κ3) is 3.47. The van der Waals surface area contributed by atoms with Crippen LogP contribution in [0.15, 0.2) is 0 Å². The maximum absolute atomic E-state index is 10.4. The Kier molecular flexibility index (Phi) is 4.18. The molecule has 0 aliphatic heterocycles. The first kappa shape index (κ1) is 13.4. The Balaban J connectivity index is 1.89. The predicted molar refractivity (Wildman–Crippen MR) is 72.9 cm³/mol. The fourth-order valence-electron chi connectivity index (χ4n) is 4.28. The Bertz CT molecular complexity index is 248. The Morgan fingerprint density at radius 1 is 1.24 bits per heavy atom. The molecule has 0 heterocycles. The molecule has 0 aromatic rings. The summed E-state index contributed by atoms with van der Waals surface area (Å²) in [5, 5.41) is 10.4. The lowest BCUT2D eigenvalue weighted by atomic mass is 9.59. The second kappa shape index (κ2) is 5.30. The zero-order valence-corrected chi connectivity index (χ0v) is 11.9. The van der Waals surface area contributed by atoms with Crippen molar-refractivity contribution in [3.8, 4) is 0 Å². The van der Waals surface area contributed by atoms with E-state index in [0.717, 1.165) is 18.3 Å².